The summed E-state index contributed by atoms with van der Waals surface area (Å²) in [6.07, 6.45) is -0.440. The van der Waals surface area contributed by atoms with Gasteiger partial charge in [0.25, 0.3) is 0 Å². The van der Waals surface area contributed by atoms with Crippen LogP contribution in [-0.2, 0) is 10.3 Å². The van der Waals surface area contributed by atoms with Gasteiger partial charge in [0.15, 0.2) is 6.10 Å². The molecule has 14 heavy (non-hydrogen) atoms. The first-order valence-corrected chi connectivity index (χ1v) is 4.42. The zero-order valence-corrected chi connectivity index (χ0v) is 8.04. The Hall–Kier alpha value is -1.40. The zero-order valence-electron chi connectivity index (χ0n) is 8.04. The Morgan fingerprint density at radius 3 is 2.79 bits per heavy atom. The van der Waals surface area contributed by atoms with Crippen LogP contribution >= 0.6 is 0 Å². The maximum Gasteiger partial charge on any atom is 0.178 e. The molecule has 2 unspecified atom stereocenters. The van der Waals surface area contributed by atoms with E-state index in [1.807, 2.05) is 6.07 Å². The van der Waals surface area contributed by atoms with Gasteiger partial charge in [-0.05, 0) is 31.0 Å². The first-order chi connectivity index (χ1) is 6.58. The number of hydrogen-bond donors (Lipinski definition) is 0. The molecule has 72 valence electrons. The van der Waals surface area contributed by atoms with Crippen molar-refractivity contribution in [3.8, 4) is 6.07 Å². The van der Waals surface area contributed by atoms with Gasteiger partial charge < -0.3 is 4.74 Å². The fourth-order valence-corrected chi connectivity index (χ4v) is 1.48. The average Bonchev–Trinajstić information content (AvgIpc) is 2.83. The molecule has 2 atom stereocenters. The van der Waals surface area contributed by atoms with E-state index in [2.05, 4.69) is 0 Å². The molecule has 0 saturated carbocycles. The number of aryl methyl sites for hydroxylation is 1. The van der Waals surface area contributed by atoms with Gasteiger partial charge in [0.1, 0.15) is 11.4 Å². The minimum atomic E-state index is -0.608. The third-order valence-electron chi connectivity index (χ3n) is 2.67. The Balaban J connectivity index is 2.36. The molecular weight excluding hydrogens is 181 g/mol. The molecule has 1 saturated heterocycles. The Morgan fingerprint density at radius 1 is 1.57 bits per heavy atom. The van der Waals surface area contributed by atoms with Gasteiger partial charge in [-0.2, -0.15) is 5.26 Å². The van der Waals surface area contributed by atoms with E-state index in [0.717, 1.165) is 5.56 Å². The van der Waals surface area contributed by atoms with Crippen molar-refractivity contribution in [1.29, 1.82) is 5.26 Å². The van der Waals surface area contributed by atoms with E-state index in [1.54, 1.807) is 26.0 Å². The number of benzene rings is 1. The Morgan fingerprint density at radius 2 is 2.29 bits per heavy atom. The Kier molecular flexibility index (Phi) is 1.83. The van der Waals surface area contributed by atoms with E-state index in [9.17, 15) is 4.39 Å². The van der Waals surface area contributed by atoms with Gasteiger partial charge in [-0.1, -0.05) is 12.1 Å². The van der Waals surface area contributed by atoms with Crippen LogP contribution in [0.4, 0.5) is 4.39 Å². The summed E-state index contributed by atoms with van der Waals surface area (Å²) in [5, 5.41) is 8.66. The molecule has 0 aliphatic carbocycles. The average molecular weight is 191 g/mol. The molecule has 0 N–H and O–H groups in total. The van der Waals surface area contributed by atoms with Gasteiger partial charge in [0.2, 0.25) is 0 Å². The molecule has 0 radical (unpaired) electrons. The lowest BCUT2D eigenvalue weighted by Gasteiger charge is -2.06. The molecule has 0 bridgehead atoms. The van der Waals surface area contributed by atoms with E-state index < -0.39 is 11.7 Å². The van der Waals surface area contributed by atoms with Crippen molar-refractivity contribution in [2.45, 2.75) is 25.6 Å². The van der Waals surface area contributed by atoms with Gasteiger partial charge in [0.05, 0.1) is 6.07 Å². The number of rotatable bonds is 1. The molecule has 1 aromatic rings. The number of halogens is 1. The maximum atomic E-state index is 13.2. The number of hydrogen-bond acceptors (Lipinski definition) is 2. The van der Waals surface area contributed by atoms with Crippen LogP contribution in [-0.4, -0.2) is 6.10 Å². The minimum Gasteiger partial charge on any atom is -0.345 e. The zero-order chi connectivity index (χ0) is 10.3. The van der Waals surface area contributed by atoms with Gasteiger partial charge in [0, 0.05) is 0 Å². The first kappa shape index (κ1) is 9.17. The summed E-state index contributed by atoms with van der Waals surface area (Å²) < 4.78 is 18.4. The smallest absolute Gasteiger partial charge is 0.178 e. The second-order valence-electron chi connectivity index (χ2n) is 3.70. The van der Waals surface area contributed by atoms with E-state index in [-0.39, 0.29) is 5.82 Å². The van der Waals surface area contributed by atoms with Crippen molar-refractivity contribution < 1.29 is 9.13 Å². The maximum absolute atomic E-state index is 13.2. The van der Waals surface area contributed by atoms with E-state index in [1.165, 1.54) is 6.07 Å². The number of nitriles is 1. The van der Waals surface area contributed by atoms with Crippen LogP contribution in [0.2, 0.25) is 0 Å². The van der Waals surface area contributed by atoms with Crippen LogP contribution in [0, 0.1) is 24.1 Å². The number of nitrogens with zero attached hydrogens (tertiary/aromatic N) is 1. The summed E-state index contributed by atoms with van der Waals surface area (Å²) >= 11 is 0. The first-order valence-electron chi connectivity index (χ1n) is 4.42. The van der Waals surface area contributed by atoms with E-state index in [4.69, 9.17) is 10.00 Å². The lowest BCUT2D eigenvalue weighted by molar-refractivity contribution is 0.321. The van der Waals surface area contributed by atoms with Crippen molar-refractivity contribution in [3.05, 3.63) is 35.1 Å². The molecule has 1 aliphatic heterocycles. The summed E-state index contributed by atoms with van der Waals surface area (Å²) in [6, 6.07) is 6.96. The summed E-state index contributed by atoms with van der Waals surface area (Å²) in [5.41, 5.74) is 0.724. The fourth-order valence-electron chi connectivity index (χ4n) is 1.48. The fraction of sp³-hybridized carbons (Fsp3) is 0.364. The molecule has 3 heteroatoms. The van der Waals surface area contributed by atoms with Gasteiger partial charge in [-0.3, -0.25) is 0 Å². The van der Waals surface area contributed by atoms with Crippen LogP contribution < -0.4 is 0 Å². The lowest BCUT2D eigenvalue weighted by Crippen LogP contribution is -2.07. The van der Waals surface area contributed by atoms with Crippen molar-refractivity contribution in [3.63, 3.8) is 0 Å². The molecule has 0 spiro atoms. The number of epoxide rings is 1. The van der Waals surface area contributed by atoms with Crippen molar-refractivity contribution in [2.75, 3.05) is 0 Å². The quantitative estimate of drug-likeness (QED) is 0.638. The lowest BCUT2D eigenvalue weighted by atomic mass is 9.97. The third kappa shape index (κ3) is 1.19. The molecule has 1 fully saturated rings. The van der Waals surface area contributed by atoms with Crippen molar-refractivity contribution >= 4 is 0 Å². The second-order valence-corrected chi connectivity index (χ2v) is 3.70. The molecule has 2 nitrogen and oxygen atoms in total. The van der Waals surface area contributed by atoms with Crippen molar-refractivity contribution in [1.82, 2.24) is 0 Å². The Bertz CT molecular complexity index is 424. The normalized spacial score (nSPS) is 29.7. The molecule has 1 heterocycles. The standard InChI is InChI=1S/C11H10FNO/c1-7-3-4-8(5-9(7)12)11(2)10(6-13)14-11/h3-5,10H,1-2H3. The number of ether oxygens (including phenoxy) is 1. The SMILES string of the molecule is Cc1ccc(C2(C)OC2C#N)cc1F. The van der Waals surface area contributed by atoms with E-state index in [0.29, 0.717) is 5.56 Å². The third-order valence-corrected chi connectivity index (χ3v) is 2.67. The van der Waals surface area contributed by atoms with Crippen LogP contribution in [0.5, 0.6) is 0 Å². The van der Waals surface area contributed by atoms with Gasteiger partial charge >= 0.3 is 0 Å². The van der Waals surface area contributed by atoms with Gasteiger partial charge in [-0.25, -0.2) is 4.39 Å². The van der Waals surface area contributed by atoms with Crippen LogP contribution in [0.1, 0.15) is 18.1 Å². The predicted molar refractivity (Wildman–Crippen MR) is 49.0 cm³/mol. The molecule has 1 aromatic carbocycles. The predicted octanol–water partition coefficient (Wildman–Crippen LogP) is 2.27. The highest BCUT2D eigenvalue weighted by atomic mass is 19.1. The minimum absolute atomic E-state index is 0.254. The summed E-state index contributed by atoms with van der Waals surface area (Å²) in [4.78, 5) is 0. The molecule has 2 rings (SSSR count). The van der Waals surface area contributed by atoms with E-state index >= 15 is 0 Å². The molecule has 0 amide bonds. The molecule has 0 aromatic heterocycles. The Labute approximate surface area is 81.9 Å². The highest BCUT2D eigenvalue weighted by Crippen LogP contribution is 2.45. The summed E-state index contributed by atoms with van der Waals surface area (Å²) in [6.45, 7) is 3.50. The van der Waals surface area contributed by atoms with Crippen molar-refractivity contribution in [2.24, 2.45) is 0 Å². The van der Waals surface area contributed by atoms with Crippen LogP contribution in [0.3, 0.4) is 0 Å². The summed E-state index contributed by atoms with van der Waals surface area (Å²) in [7, 11) is 0. The monoisotopic (exact) mass is 191 g/mol. The highest BCUT2D eigenvalue weighted by Gasteiger charge is 2.54. The summed E-state index contributed by atoms with van der Waals surface area (Å²) in [5.74, 6) is -0.254. The highest BCUT2D eigenvalue weighted by molar-refractivity contribution is 5.34. The van der Waals surface area contributed by atoms with Crippen LogP contribution in [0.25, 0.3) is 0 Å². The van der Waals surface area contributed by atoms with Gasteiger partial charge in [-0.15, -0.1) is 0 Å². The molecular formula is C11H10FNO. The topological polar surface area (TPSA) is 36.3 Å². The largest absolute Gasteiger partial charge is 0.345 e. The van der Waals surface area contributed by atoms with Crippen LogP contribution in [0.15, 0.2) is 18.2 Å². The second kappa shape index (κ2) is 2.79. The molecule has 1 aliphatic rings.